The minimum atomic E-state index is -0.101. The van der Waals surface area contributed by atoms with Gasteiger partial charge in [0.1, 0.15) is 18.1 Å². The zero-order valence-corrected chi connectivity index (χ0v) is 20.9. The molecular weight excluding hydrogens is 450 g/mol. The lowest BCUT2D eigenvalue weighted by molar-refractivity contribution is -0.110. The van der Waals surface area contributed by atoms with Crippen LogP contribution in [0.5, 0.6) is 11.5 Å². The highest BCUT2D eigenvalue weighted by atomic mass is 16.5. The van der Waals surface area contributed by atoms with Crippen molar-refractivity contribution < 1.29 is 14.3 Å². The van der Waals surface area contributed by atoms with Gasteiger partial charge in [0.05, 0.1) is 12.7 Å². The summed E-state index contributed by atoms with van der Waals surface area (Å²) in [5.41, 5.74) is 6.35. The fourth-order valence-electron chi connectivity index (χ4n) is 4.59. The number of rotatable bonds is 9. The number of benzene rings is 3. The molecule has 4 aromatic rings. The molecule has 5 rings (SSSR count). The molecule has 0 saturated heterocycles. The van der Waals surface area contributed by atoms with E-state index >= 15 is 0 Å². The number of nitrogens with zero attached hydrogens (tertiary/aromatic N) is 1. The van der Waals surface area contributed by atoms with Crippen LogP contribution < -0.4 is 14.8 Å². The first kappa shape index (κ1) is 23.7. The molecule has 0 radical (unpaired) electrons. The van der Waals surface area contributed by atoms with Crippen LogP contribution in [0.25, 0.3) is 33.7 Å². The third-order valence-electron chi connectivity index (χ3n) is 6.71. The van der Waals surface area contributed by atoms with Crippen LogP contribution in [-0.4, -0.2) is 49.1 Å². The molecular formula is C30H31N3O3. The second kappa shape index (κ2) is 10.3. The molecule has 1 aliphatic heterocycles. The van der Waals surface area contributed by atoms with Gasteiger partial charge in [-0.05, 0) is 72.8 Å². The van der Waals surface area contributed by atoms with E-state index in [1.54, 1.807) is 7.11 Å². The van der Waals surface area contributed by atoms with E-state index in [2.05, 4.69) is 35.1 Å². The average Bonchev–Trinajstić information content (AvgIpc) is 3.45. The fourth-order valence-corrected chi connectivity index (χ4v) is 4.59. The first-order chi connectivity index (χ1) is 17.6. The predicted octanol–water partition coefficient (Wildman–Crippen LogP) is 6.06. The molecule has 1 amide bonds. The van der Waals surface area contributed by atoms with Crippen molar-refractivity contribution in [2.45, 2.75) is 13.8 Å². The van der Waals surface area contributed by atoms with E-state index in [4.69, 9.17) is 9.47 Å². The molecule has 2 heterocycles. The summed E-state index contributed by atoms with van der Waals surface area (Å²) < 4.78 is 11.2. The number of ether oxygens (including phenoxy) is 2. The Kier molecular flexibility index (Phi) is 6.78. The first-order valence-corrected chi connectivity index (χ1v) is 12.4. The molecule has 2 N–H and O–H groups in total. The zero-order valence-electron chi connectivity index (χ0n) is 20.9. The molecule has 0 bridgehead atoms. The highest BCUT2D eigenvalue weighted by Crippen LogP contribution is 2.37. The smallest absolute Gasteiger partial charge is 0.256 e. The lowest BCUT2D eigenvalue weighted by Crippen LogP contribution is -2.27. The number of carbonyl (C=O) groups excluding carboxylic acids is 1. The maximum Gasteiger partial charge on any atom is 0.256 e. The van der Waals surface area contributed by atoms with Crippen LogP contribution in [0.4, 0.5) is 5.69 Å². The molecule has 36 heavy (non-hydrogen) atoms. The first-order valence-electron chi connectivity index (χ1n) is 12.4. The molecule has 6 nitrogen and oxygen atoms in total. The second-order valence-electron chi connectivity index (χ2n) is 8.85. The third-order valence-corrected chi connectivity index (χ3v) is 6.71. The number of hydrogen-bond donors (Lipinski definition) is 2. The molecule has 3 aromatic carbocycles. The Morgan fingerprint density at radius 3 is 2.39 bits per heavy atom. The van der Waals surface area contributed by atoms with Crippen molar-refractivity contribution >= 4 is 34.1 Å². The van der Waals surface area contributed by atoms with Crippen molar-refractivity contribution in [3.8, 4) is 22.6 Å². The van der Waals surface area contributed by atoms with Crippen molar-refractivity contribution in [1.29, 1.82) is 0 Å². The molecule has 0 atom stereocenters. The van der Waals surface area contributed by atoms with Crippen LogP contribution >= 0.6 is 0 Å². The van der Waals surface area contributed by atoms with Crippen molar-refractivity contribution in [1.82, 2.24) is 9.88 Å². The van der Waals surface area contributed by atoms with Gasteiger partial charge in [0.2, 0.25) is 0 Å². The Hall–Kier alpha value is -4.03. The van der Waals surface area contributed by atoms with Gasteiger partial charge >= 0.3 is 0 Å². The Morgan fingerprint density at radius 2 is 1.64 bits per heavy atom. The molecule has 0 unspecified atom stereocenters. The Labute approximate surface area is 211 Å². The van der Waals surface area contributed by atoms with Gasteiger partial charge in [0, 0.05) is 34.4 Å². The van der Waals surface area contributed by atoms with Gasteiger partial charge in [-0.1, -0.05) is 38.1 Å². The number of H-pyrrole nitrogens is 1. The van der Waals surface area contributed by atoms with Crippen molar-refractivity contribution in [2.24, 2.45) is 0 Å². The van der Waals surface area contributed by atoms with Crippen LogP contribution in [-0.2, 0) is 4.79 Å². The van der Waals surface area contributed by atoms with Crippen LogP contribution in [0.15, 0.2) is 66.7 Å². The van der Waals surface area contributed by atoms with Gasteiger partial charge in [-0.15, -0.1) is 0 Å². The normalized spacial score (nSPS) is 13.9. The van der Waals surface area contributed by atoms with Crippen LogP contribution in [0, 0.1) is 0 Å². The summed E-state index contributed by atoms with van der Waals surface area (Å²) in [5, 5.41) is 4.07. The number of nitrogens with one attached hydrogen (secondary N) is 2. The number of aromatic amines is 1. The molecule has 0 spiro atoms. The van der Waals surface area contributed by atoms with Crippen molar-refractivity contribution in [2.75, 3.05) is 38.7 Å². The number of fused-ring (bicyclic) bond motifs is 2. The number of amides is 1. The summed E-state index contributed by atoms with van der Waals surface area (Å²) in [6.07, 6.45) is 1.91. The number of methoxy groups -OCH3 is 1. The van der Waals surface area contributed by atoms with Gasteiger partial charge in [0.25, 0.3) is 5.91 Å². The molecule has 1 aromatic heterocycles. The van der Waals surface area contributed by atoms with E-state index in [1.165, 1.54) is 0 Å². The van der Waals surface area contributed by atoms with Gasteiger partial charge in [0.15, 0.2) is 0 Å². The van der Waals surface area contributed by atoms with Gasteiger partial charge < -0.3 is 24.7 Å². The molecule has 184 valence electrons. The summed E-state index contributed by atoms with van der Waals surface area (Å²) >= 11 is 0. The maximum atomic E-state index is 12.8. The standard InChI is InChI=1S/C30H31N3O3/c1-4-33(5-2)14-15-36-25-11-13-28-22(17-25)16-23(31-28)19-27-26-12-8-21(18-29(26)32-30(27)34)20-6-9-24(35-3)10-7-20/h6-13,16-19,31H,4-5,14-15H2,1-3H3,(H,32,34). The fraction of sp³-hybridized carbons (Fsp3) is 0.233. The molecule has 6 heteroatoms. The predicted molar refractivity (Wildman–Crippen MR) is 147 cm³/mol. The van der Waals surface area contributed by atoms with E-state index in [1.807, 2.05) is 66.7 Å². The SMILES string of the molecule is CCN(CC)CCOc1ccc2[nH]c(C=C3C(=O)Nc4cc(-c5ccc(OC)cc5)ccc43)cc2c1. The largest absolute Gasteiger partial charge is 0.497 e. The van der Waals surface area contributed by atoms with E-state index in [9.17, 15) is 4.79 Å². The summed E-state index contributed by atoms with van der Waals surface area (Å²) in [6.45, 7) is 7.93. The van der Waals surface area contributed by atoms with Crippen LogP contribution in [0.1, 0.15) is 25.1 Å². The average molecular weight is 482 g/mol. The van der Waals surface area contributed by atoms with Gasteiger partial charge in [-0.2, -0.15) is 0 Å². The van der Waals surface area contributed by atoms with Crippen molar-refractivity contribution in [3.05, 3.63) is 78.0 Å². The van der Waals surface area contributed by atoms with E-state index in [0.29, 0.717) is 12.2 Å². The summed E-state index contributed by atoms with van der Waals surface area (Å²) in [7, 11) is 1.65. The summed E-state index contributed by atoms with van der Waals surface area (Å²) in [6, 6.07) is 22.1. The summed E-state index contributed by atoms with van der Waals surface area (Å²) in [5.74, 6) is 1.56. The zero-order chi connectivity index (χ0) is 25.1. The van der Waals surface area contributed by atoms with Gasteiger partial charge in [-0.25, -0.2) is 0 Å². The maximum absolute atomic E-state index is 12.8. The second-order valence-corrected chi connectivity index (χ2v) is 8.85. The Balaban J connectivity index is 1.36. The minimum absolute atomic E-state index is 0.101. The highest BCUT2D eigenvalue weighted by Gasteiger charge is 2.24. The van der Waals surface area contributed by atoms with Crippen molar-refractivity contribution in [3.63, 3.8) is 0 Å². The summed E-state index contributed by atoms with van der Waals surface area (Å²) in [4.78, 5) is 18.6. The Morgan fingerprint density at radius 1 is 0.889 bits per heavy atom. The number of aromatic nitrogens is 1. The Bertz CT molecular complexity index is 1420. The minimum Gasteiger partial charge on any atom is -0.497 e. The number of likely N-dealkylation sites (N-methyl/N-ethyl adjacent to an activating group) is 1. The van der Waals surface area contributed by atoms with Crippen LogP contribution in [0.2, 0.25) is 0 Å². The van der Waals surface area contributed by atoms with Crippen LogP contribution in [0.3, 0.4) is 0 Å². The molecule has 0 aliphatic carbocycles. The lowest BCUT2D eigenvalue weighted by atomic mass is 10.00. The van der Waals surface area contributed by atoms with E-state index < -0.39 is 0 Å². The number of anilines is 1. The highest BCUT2D eigenvalue weighted by molar-refractivity contribution is 6.35. The van der Waals surface area contributed by atoms with E-state index in [-0.39, 0.29) is 5.91 Å². The number of carbonyl (C=O) groups is 1. The topological polar surface area (TPSA) is 66.6 Å². The monoisotopic (exact) mass is 481 g/mol. The van der Waals surface area contributed by atoms with E-state index in [0.717, 1.165) is 70.1 Å². The molecule has 1 aliphatic rings. The lowest BCUT2D eigenvalue weighted by Gasteiger charge is -2.17. The molecule has 0 fully saturated rings. The molecule has 0 saturated carbocycles. The number of hydrogen-bond acceptors (Lipinski definition) is 4. The van der Waals surface area contributed by atoms with Gasteiger partial charge in [-0.3, -0.25) is 4.79 Å². The quantitative estimate of drug-likeness (QED) is 0.285. The third kappa shape index (κ3) is 4.86.